The highest BCUT2D eigenvalue weighted by Gasteiger charge is 2.26. The summed E-state index contributed by atoms with van der Waals surface area (Å²) >= 11 is 0. The number of aryl methyl sites for hydroxylation is 4. The summed E-state index contributed by atoms with van der Waals surface area (Å²) in [4.78, 5) is 0.681. The van der Waals surface area contributed by atoms with Gasteiger partial charge in [-0.05, 0) is 115 Å². The van der Waals surface area contributed by atoms with E-state index >= 15 is 0 Å². The first-order valence-corrected chi connectivity index (χ1v) is 25.0. The second kappa shape index (κ2) is 21.0. The fourth-order valence-electron chi connectivity index (χ4n) is 6.02. The summed E-state index contributed by atoms with van der Waals surface area (Å²) in [6.45, 7) is 8.59. The van der Waals surface area contributed by atoms with Crippen LogP contribution in [0.1, 0.15) is 67.2 Å². The van der Waals surface area contributed by atoms with Crippen molar-refractivity contribution in [1.29, 1.82) is 0 Å². The lowest BCUT2D eigenvalue weighted by Gasteiger charge is -2.24. The molecule has 0 aromatic heterocycles. The molecule has 0 radical (unpaired) electrons. The molecule has 0 aliphatic heterocycles. The van der Waals surface area contributed by atoms with Crippen LogP contribution in [0, 0.1) is 27.7 Å². The van der Waals surface area contributed by atoms with Gasteiger partial charge in [-0.2, -0.15) is 8.61 Å². The molecular weight excluding hydrogens is 805 g/mol. The van der Waals surface area contributed by atoms with Gasteiger partial charge in [0.25, 0.3) is 0 Å². The van der Waals surface area contributed by atoms with E-state index in [1.165, 1.54) is 8.61 Å². The van der Waals surface area contributed by atoms with Gasteiger partial charge in [-0.25, -0.2) is 43.1 Å². The molecule has 2 N–H and O–H groups in total. The highest BCUT2D eigenvalue weighted by Crippen LogP contribution is 2.21. The summed E-state index contributed by atoms with van der Waals surface area (Å²) in [7, 11) is -15.1. The third kappa shape index (κ3) is 13.8. The van der Waals surface area contributed by atoms with Gasteiger partial charge in [0.1, 0.15) is 0 Å². The molecule has 16 heteroatoms. The van der Waals surface area contributed by atoms with Crippen LogP contribution in [0.25, 0.3) is 0 Å². The Labute approximate surface area is 340 Å². The molecule has 0 saturated carbocycles. The van der Waals surface area contributed by atoms with Crippen LogP contribution in [0.15, 0.2) is 117 Å². The molecule has 0 bridgehead atoms. The highest BCUT2D eigenvalue weighted by atomic mass is 32.2. The van der Waals surface area contributed by atoms with Crippen molar-refractivity contribution in [2.24, 2.45) is 0 Å². The molecule has 312 valence electrons. The number of hydrogen-bond acceptors (Lipinski definition) is 8. The first kappa shape index (κ1) is 46.2. The van der Waals surface area contributed by atoms with Crippen LogP contribution >= 0.6 is 0 Å². The fraction of sp³-hybridized carbons (Fsp3) is 0.415. The molecule has 0 atom stereocenters. The number of nitrogens with zero attached hydrogens (tertiary/aromatic N) is 2. The van der Waals surface area contributed by atoms with Crippen molar-refractivity contribution in [1.82, 2.24) is 18.1 Å². The normalized spacial score (nSPS) is 12.7. The molecule has 12 nitrogen and oxygen atoms in total. The Morgan fingerprint density at radius 3 is 0.877 bits per heavy atom. The predicted molar refractivity (Wildman–Crippen MR) is 225 cm³/mol. The Kier molecular flexibility index (Phi) is 17.0. The Morgan fingerprint density at radius 1 is 0.351 bits per heavy atom. The van der Waals surface area contributed by atoms with Crippen molar-refractivity contribution in [3.63, 3.8) is 0 Å². The predicted octanol–water partition coefficient (Wildman–Crippen LogP) is 6.29. The molecule has 0 aliphatic carbocycles. The summed E-state index contributed by atoms with van der Waals surface area (Å²) in [5.41, 5.74) is 3.75. The SMILES string of the molecule is Cc1ccc(S(=O)(=O)NCCCCN(CCCCCN(CCCCNS(=O)(=O)c2ccc(C)cc2)S(=O)(=O)c2ccc(C)cc2)S(=O)(=O)c2ccc(C)cc2)cc1. The minimum Gasteiger partial charge on any atom is -0.211 e. The molecule has 0 unspecified atom stereocenters. The first-order valence-electron chi connectivity index (χ1n) is 19.2. The molecule has 0 fully saturated rings. The number of benzene rings is 4. The lowest BCUT2D eigenvalue weighted by atomic mass is 10.2. The number of rotatable bonds is 24. The van der Waals surface area contributed by atoms with E-state index in [1.807, 2.05) is 27.7 Å². The van der Waals surface area contributed by atoms with Gasteiger partial charge >= 0.3 is 0 Å². The van der Waals surface area contributed by atoms with Crippen molar-refractivity contribution in [3.8, 4) is 0 Å². The van der Waals surface area contributed by atoms with E-state index < -0.39 is 40.1 Å². The van der Waals surface area contributed by atoms with Crippen LogP contribution in [-0.2, 0) is 40.1 Å². The van der Waals surface area contributed by atoms with E-state index in [1.54, 1.807) is 97.1 Å². The van der Waals surface area contributed by atoms with Gasteiger partial charge in [0.05, 0.1) is 19.6 Å². The Balaban J connectivity index is 1.35. The quantitative estimate of drug-likeness (QED) is 0.0776. The van der Waals surface area contributed by atoms with E-state index in [9.17, 15) is 33.7 Å². The van der Waals surface area contributed by atoms with Crippen LogP contribution in [0.4, 0.5) is 0 Å². The van der Waals surface area contributed by atoms with Crippen molar-refractivity contribution in [3.05, 3.63) is 119 Å². The maximum absolute atomic E-state index is 13.8. The second-order valence-corrected chi connectivity index (χ2v) is 21.7. The van der Waals surface area contributed by atoms with Gasteiger partial charge in [0, 0.05) is 39.3 Å². The van der Waals surface area contributed by atoms with Gasteiger partial charge in [0.2, 0.25) is 40.1 Å². The molecule has 57 heavy (non-hydrogen) atoms. The second-order valence-electron chi connectivity index (χ2n) is 14.3. The van der Waals surface area contributed by atoms with Crippen molar-refractivity contribution >= 4 is 40.1 Å². The molecule has 4 rings (SSSR count). The minimum absolute atomic E-state index is 0.151. The minimum atomic E-state index is -3.86. The summed E-state index contributed by atoms with van der Waals surface area (Å²) in [6, 6.07) is 26.4. The maximum Gasteiger partial charge on any atom is 0.243 e. The van der Waals surface area contributed by atoms with E-state index in [2.05, 4.69) is 9.44 Å². The third-order valence-corrected chi connectivity index (χ3v) is 16.3. The standard InChI is InChI=1S/C41H56N4O8S4/c1-34-12-20-38(21-13-34)54(46,47)42-28-6-10-32-44(56(50,51)40-24-16-36(3)17-25-40)30-8-5-9-31-45(57(52,53)41-26-18-37(4)19-27-41)33-11-7-29-43-55(48,49)39-22-14-35(2)15-23-39/h12-27,42-43H,5-11,28-33H2,1-4H3. The molecule has 0 spiro atoms. The highest BCUT2D eigenvalue weighted by molar-refractivity contribution is 7.90. The molecule has 0 heterocycles. The smallest absolute Gasteiger partial charge is 0.211 e. The van der Waals surface area contributed by atoms with Crippen LogP contribution < -0.4 is 9.44 Å². The number of sulfonamides is 4. The molecule has 4 aromatic carbocycles. The Bertz CT molecular complexity index is 2150. The summed E-state index contributed by atoms with van der Waals surface area (Å²) in [6.07, 6.45) is 3.19. The van der Waals surface area contributed by atoms with Gasteiger partial charge in [-0.15, -0.1) is 0 Å². The van der Waals surface area contributed by atoms with Crippen molar-refractivity contribution in [2.45, 2.75) is 92.2 Å². The lowest BCUT2D eigenvalue weighted by molar-refractivity contribution is 0.367. The topological polar surface area (TPSA) is 167 Å². The van der Waals surface area contributed by atoms with E-state index in [0.29, 0.717) is 44.9 Å². The van der Waals surface area contributed by atoms with Gasteiger partial charge < -0.3 is 0 Å². The van der Waals surface area contributed by atoms with Gasteiger partial charge in [-0.1, -0.05) is 77.2 Å². The average molecular weight is 861 g/mol. The van der Waals surface area contributed by atoms with E-state index in [4.69, 9.17) is 0 Å². The zero-order valence-corrected chi connectivity index (χ0v) is 36.5. The summed E-state index contributed by atoms with van der Waals surface area (Å²) in [5, 5.41) is 0. The van der Waals surface area contributed by atoms with E-state index in [0.717, 1.165) is 22.3 Å². The number of hydrogen-bond donors (Lipinski definition) is 2. The first-order chi connectivity index (χ1) is 26.9. The average Bonchev–Trinajstić information content (AvgIpc) is 3.16. The van der Waals surface area contributed by atoms with Crippen molar-refractivity contribution < 1.29 is 33.7 Å². The summed E-state index contributed by atoms with van der Waals surface area (Å²) in [5.74, 6) is 0. The third-order valence-electron chi connectivity index (χ3n) is 9.55. The van der Waals surface area contributed by atoms with Crippen molar-refractivity contribution in [2.75, 3.05) is 39.3 Å². The maximum atomic E-state index is 13.8. The molecular formula is C41H56N4O8S4. The Morgan fingerprint density at radius 2 is 0.596 bits per heavy atom. The zero-order valence-electron chi connectivity index (χ0n) is 33.2. The zero-order chi connectivity index (χ0) is 41.7. The van der Waals surface area contributed by atoms with Gasteiger partial charge in [-0.3, -0.25) is 0 Å². The van der Waals surface area contributed by atoms with Gasteiger partial charge in [0.15, 0.2) is 0 Å². The number of unbranched alkanes of at least 4 members (excludes halogenated alkanes) is 4. The van der Waals surface area contributed by atoms with Crippen LogP contribution in [0.2, 0.25) is 0 Å². The monoisotopic (exact) mass is 860 g/mol. The Hall–Kier alpha value is -3.48. The number of nitrogens with one attached hydrogen (secondary N) is 2. The van der Waals surface area contributed by atoms with Crippen LogP contribution in [-0.4, -0.2) is 81.6 Å². The molecule has 0 aliphatic rings. The van der Waals surface area contributed by atoms with E-state index in [-0.39, 0.29) is 58.9 Å². The molecule has 0 amide bonds. The van der Waals surface area contributed by atoms with Crippen LogP contribution in [0.5, 0.6) is 0 Å². The molecule has 4 aromatic rings. The van der Waals surface area contributed by atoms with Crippen LogP contribution in [0.3, 0.4) is 0 Å². The largest absolute Gasteiger partial charge is 0.243 e. The fourth-order valence-corrected chi connectivity index (χ4v) is 11.2. The molecule has 0 saturated heterocycles. The lowest BCUT2D eigenvalue weighted by Crippen LogP contribution is -2.34. The summed E-state index contributed by atoms with van der Waals surface area (Å²) < 4.78 is 114.